The molecular formula is C24H26ClN9O6. The molecule has 2 aliphatic rings. The summed E-state index contributed by atoms with van der Waals surface area (Å²) in [6, 6.07) is 8.79. The zero-order valence-electron chi connectivity index (χ0n) is 21.6. The third-order valence-electron chi connectivity index (χ3n) is 7.15. The van der Waals surface area contributed by atoms with Crippen LogP contribution in [-0.4, -0.2) is 84.9 Å². The average molecular weight is 572 g/mol. The maximum absolute atomic E-state index is 12.9. The summed E-state index contributed by atoms with van der Waals surface area (Å²) in [6.45, 7) is 5.51. The highest BCUT2D eigenvalue weighted by Crippen LogP contribution is 2.57. The van der Waals surface area contributed by atoms with E-state index in [0.717, 1.165) is 0 Å². The number of tetrazole rings is 1. The second kappa shape index (κ2) is 8.87. The summed E-state index contributed by atoms with van der Waals surface area (Å²) in [5, 5.41) is 45.5. The molecule has 1 saturated heterocycles. The molecule has 16 heteroatoms. The number of nitrogens with two attached hydrogens (primary N) is 1. The highest BCUT2D eigenvalue weighted by atomic mass is 35.5. The number of anilines is 1. The Hall–Kier alpha value is -3.76. The Morgan fingerprint density at radius 2 is 1.98 bits per heavy atom. The van der Waals surface area contributed by atoms with Crippen molar-refractivity contribution >= 4 is 34.6 Å². The molecule has 0 radical (unpaired) electrons. The van der Waals surface area contributed by atoms with Gasteiger partial charge < -0.3 is 30.5 Å². The number of nitrogens with zero attached hydrogens (tertiary/aromatic N) is 8. The number of carboxylic acid groups (broad SMARTS) is 1. The van der Waals surface area contributed by atoms with Gasteiger partial charge in [0.2, 0.25) is 16.7 Å². The van der Waals surface area contributed by atoms with Gasteiger partial charge in [-0.2, -0.15) is 14.8 Å². The Morgan fingerprint density at radius 1 is 1.25 bits per heavy atom. The van der Waals surface area contributed by atoms with Gasteiger partial charge in [0.1, 0.15) is 23.8 Å². The first-order valence-corrected chi connectivity index (χ1v) is 12.7. The van der Waals surface area contributed by atoms with Crippen molar-refractivity contribution in [2.75, 3.05) is 5.73 Å². The minimum atomic E-state index is -2.16. The fraction of sp³-hybridized carbons (Fsp3) is 0.458. The number of hydrogen-bond donors (Lipinski definition) is 4. The molecule has 3 aromatic heterocycles. The molecule has 0 spiro atoms. The standard InChI is InChI=1S/C24H26ClN9O6/c1-22(2,3)34-31-19(30-32-34)23(20(36)37,9-11-7-5-4-6-8-11)40-15-14-24(15,38)13(35)18(39-14)33-10-27-12-16(26)28-21(25)29-17(12)33/h4-8,10,13-15,18,35,38H,9H2,1-3H3,(H,36,37)(H2,26,28,29)/t13-,14+,15?,18+,23?,24+/m0/s1. The molecule has 4 aromatic rings. The number of aliphatic hydroxyl groups excluding tert-OH is 1. The second-order valence-corrected chi connectivity index (χ2v) is 11.2. The van der Waals surface area contributed by atoms with Crippen LogP contribution in [0.1, 0.15) is 38.4 Å². The molecule has 5 N–H and O–H groups in total. The molecule has 2 fully saturated rings. The molecule has 2 unspecified atom stereocenters. The largest absolute Gasteiger partial charge is 0.479 e. The van der Waals surface area contributed by atoms with Crippen LogP contribution < -0.4 is 5.73 Å². The molecule has 1 aliphatic heterocycles. The minimum absolute atomic E-state index is 0.0364. The lowest BCUT2D eigenvalue weighted by molar-refractivity contribution is -0.187. The highest BCUT2D eigenvalue weighted by molar-refractivity contribution is 6.28. The number of nitrogen functional groups attached to an aromatic ring is 1. The fourth-order valence-electron chi connectivity index (χ4n) is 4.93. The van der Waals surface area contributed by atoms with Crippen molar-refractivity contribution in [1.82, 2.24) is 39.7 Å². The summed E-state index contributed by atoms with van der Waals surface area (Å²) in [5.41, 5.74) is 2.21. The van der Waals surface area contributed by atoms with Crippen molar-refractivity contribution < 1.29 is 29.6 Å². The summed E-state index contributed by atoms with van der Waals surface area (Å²) in [4.78, 5) is 26.4. The summed E-state index contributed by atoms with van der Waals surface area (Å²) < 4.78 is 13.5. The van der Waals surface area contributed by atoms with Crippen molar-refractivity contribution in [2.45, 2.75) is 68.5 Å². The van der Waals surface area contributed by atoms with Gasteiger partial charge in [-0.25, -0.2) is 9.78 Å². The van der Waals surface area contributed by atoms with Gasteiger partial charge in [-0.15, -0.1) is 10.2 Å². The van der Waals surface area contributed by atoms with Crippen LogP contribution in [0.2, 0.25) is 5.28 Å². The van der Waals surface area contributed by atoms with Gasteiger partial charge in [0.25, 0.3) is 0 Å². The number of aliphatic hydroxyl groups is 2. The number of fused-ring (bicyclic) bond motifs is 2. The van der Waals surface area contributed by atoms with Crippen LogP contribution in [0.3, 0.4) is 0 Å². The molecule has 1 saturated carbocycles. The molecule has 210 valence electrons. The van der Waals surface area contributed by atoms with Gasteiger partial charge in [-0.05, 0) is 43.1 Å². The van der Waals surface area contributed by atoms with Crippen molar-refractivity contribution in [1.29, 1.82) is 0 Å². The molecule has 0 bridgehead atoms. The Kier molecular flexibility index (Phi) is 5.87. The van der Waals surface area contributed by atoms with Gasteiger partial charge >= 0.3 is 5.97 Å². The smallest absolute Gasteiger partial charge is 0.344 e. The lowest BCUT2D eigenvalue weighted by Gasteiger charge is -2.30. The molecule has 4 heterocycles. The van der Waals surface area contributed by atoms with Crippen molar-refractivity contribution in [2.24, 2.45) is 0 Å². The number of rotatable bonds is 7. The predicted molar refractivity (Wildman–Crippen MR) is 137 cm³/mol. The number of ether oxygens (including phenoxy) is 2. The van der Waals surface area contributed by atoms with Crippen LogP contribution in [0, 0.1) is 0 Å². The Balaban J connectivity index is 1.34. The molecule has 0 amide bonds. The molecule has 6 atom stereocenters. The molecule has 1 aromatic carbocycles. The van der Waals surface area contributed by atoms with E-state index < -0.39 is 47.3 Å². The number of halogens is 1. The zero-order valence-corrected chi connectivity index (χ0v) is 22.3. The van der Waals surface area contributed by atoms with Crippen LogP contribution in [0.25, 0.3) is 11.2 Å². The van der Waals surface area contributed by atoms with Crippen LogP contribution in [0.5, 0.6) is 0 Å². The van der Waals surface area contributed by atoms with Crippen LogP contribution in [0.15, 0.2) is 36.7 Å². The van der Waals surface area contributed by atoms with E-state index in [0.29, 0.717) is 5.56 Å². The summed E-state index contributed by atoms with van der Waals surface area (Å²) in [7, 11) is 0. The number of hydrogen-bond acceptors (Lipinski definition) is 12. The molecule has 1 aliphatic carbocycles. The quantitative estimate of drug-likeness (QED) is 0.222. The molecule has 40 heavy (non-hydrogen) atoms. The lowest BCUT2D eigenvalue weighted by Crippen LogP contribution is -2.46. The number of aliphatic carboxylic acids is 1. The summed E-state index contributed by atoms with van der Waals surface area (Å²) in [6.07, 6.45) is -3.88. The van der Waals surface area contributed by atoms with Crippen molar-refractivity contribution in [3.05, 3.63) is 53.3 Å². The lowest BCUT2D eigenvalue weighted by atomic mass is 9.93. The van der Waals surface area contributed by atoms with E-state index in [1.807, 2.05) is 20.8 Å². The fourth-order valence-corrected chi connectivity index (χ4v) is 5.10. The van der Waals surface area contributed by atoms with Gasteiger partial charge in [0.05, 0.1) is 11.9 Å². The molecular weight excluding hydrogens is 546 g/mol. The van der Waals surface area contributed by atoms with E-state index >= 15 is 0 Å². The van der Waals surface area contributed by atoms with E-state index in [9.17, 15) is 20.1 Å². The maximum Gasteiger partial charge on any atom is 0.344 e. The monoisotopic (exact) mass is 571 g/mol. The normalized spacial score (nSPS) is 27.4. The van der Waals surface area contributed by atoms with E-state index in [2.05, 4.69) is 30.4 Å². The van der Waals surface area contributed by atoms with E-state index in [4.69, 9.17) is 26.8 Å². The zero-order chi connectivity index (χ0) is 28.6. The summed E-state index contributed by atoms with van der Waals surface area (Å²) >= 11 is 5.95. The highest BCUT2D eigenvalue weighted by Gasteiger charge is 2.79. The van der Waals surface area contributed by atoms with Gasteiger partial charge in [-0.3, -0.25) is 4.57 Å². The van der Waals surface area contributed by atoms with Gasteiger partial charge in [0, 0.05) is 6.42 Å². The maximum atomic E-state index is 12.9. The molecule has 15 nitrogen and oxygen atoms in total. The second-order valence-electron chi connectivity index (χ2n) is 10.9. The number of carbonyl (C=O) groups is 1. The van der Waals surface area contributed by atoms with E-state index in [1.54, 1.807) is 30.3 Å². The SMILES string of the molecule is CC(C)(C)n1nnc(C(Cc2ccccc2)(OC2[C@H]3O[C@@H](n4cnc5c(N)nc(Cl)nc54)[C@H](O)[C@]23O)C(=O)O)n1. The number of aromatic nitrogens is 8. The van der Waals surface area contributed by atoms with E-state index in [-0.39, 0.29) is 34.5 Å². The van der Waals surface area contributed by atoms with Gasteiger partial charge in [0.15, 0.2) is 23.3 Å². The Bertz CT molecular complexity index is 1610. The third-order valence-corrected chi connectivity index (χ3v) is 7.32. The first-order valence-electron chi connectivity index (χ1n) is 12.3. The molecule has 6 rings (SSSR count). The number of carboxylic acids is 1. The topological polar surface area (TPSA) is 209 Å². The first-order chi connectivity index (χ1) is 18.9. The Morgan fingerprint density at radius 3 is 2.58 bits per heavy atom. The summed E-state index contributed by atoms with van der Waals surface area (Å²) in [5.74, 6) is -1.57. The van der Waals surface area contributed by atoms with Crippen molar-refractivity contribution in [3.8, 4) is 0 Å². The van der Waals surface area contributed by atoms with Crippen LogP contribution in [-0.2, 0) is 31.8 Å². The Labute approximate surface area is 231 Å². The number of benzene rings is 1. The van der Waals surface area contributed by atoms with Crippen LogP contribution >= 0.6 is 11.6 Å². The minimum Gasteiger partial charge on any atom is -0.479 e. The number of imidazole rings is 1. The van der Waals surface area contributed by atoms with Crippen LogP contribution in [0.4, 0.5) is 5.82 Å². The first kappa shape index (κ1) is 26.5. The van der Waals surface area contributed by atoms with Crippen molar-refractivity contribution in [3.63, 3.8) is 0 Å². The van der Waals surface area contributed by atoms with E-state index in [1.165, 1.54) is 15.7 Å². The predicted octanol–water partition coefficient (Wildman–Crippen LogP) is 0.414. The third kappa shape index (κ3) is 3.92. The average Bonchev–Trinajstić information content (AvgIpc) is 3.36. The van der Waals surface area contributed by atoms with Gasteiger partial charge in [-0.1, -0.05) is 30.3 Å².